The van der Waals surface area contributed by atoms with E-state index in [9.17, 15) is 5.11 Å². The molecule has 0 aliphatic rings. The van der Waals surface area contributed by atoms with Crippen molar-refractivity contribution in [3.8, 4) is 0 Å². The van der Waals surface area contributed by atoms with Crippen molar-refractivity contribution in [3.63, 3.8) is 0 Å². The first-order chi connectivity index (χ1) is 5.85. The highest BCUT2D eigenvalue weighted by Crippen LogP contribution is 2.15. The molecule has 0 heterocycles. The first kappa shape index (κ1) is 14.7. The summed E-state index contributed by atoms with van der Waals surface area (Å²) in [6.07, 6.45) is 4.34. The molecule has 0 amide bonds. The molecule has 2 N–H and O–H groups in total. The van der Waals surface area contributed by atoms with Crippen LogP contribution >= 0.6 is 0 Å². The van der Waals surface area contributed by atoms with Gasteiger partial charge in [0.2, 0.25) is 0 Å². The third-order valence-corrected chi connectivity index (χ3v) is 1.37. The Labute approximate surface area is 80.1 Å². The van der Waals surface area contributed by atoms with Crippen LogP contribution in [-0.2, 0) is 4.79 Å². The Kier molecular flexibility index (Phi) is 8.81. The number of rotatable bonds is 4. The average molecular weight is 188 g/mol. The van der Waals surface area contributed by atoms with Gasteiger partial charge in [0.05, 0.1) is 5.60 Å². The van der Waals surface area contributed by atoms with Gasteiger partial charge in [0.1, 0.15) is 0 Å². The molecule has 1 atom stereocenters. The van der Waals surface area contributed by atoms with Crippen molar-refractivity contribution in [1.82, 2.24) is 0 Å². The summed E-state index contributed by atoms with van der Waals surface area (Å²) in [4.78, 5) is 9.00. The van der Waals surface area contributed by atoms with E-state index in [-0.39, 0.29) is 0 Å². The molecule has 0 aromatic rings. The topological polar surface area (TPSA) is 57.5 Å². The Balaban J connectivity index is 0. The van der Waals surface area contributed by atoms with Crippen LogP contribution in [0.15, 0.2) is 12.7 Å². The molecule has 0 aromatic carbocycles. The molecule has 78 valence electrons. The molecular formula is C10H20O3. The number of carboxylic acids is 1. The Hall–Kier alpha value is -0.830. The fourth-order valence-electron chi connectivity index (χ4n) is 0.952. The second kappa shape index (κ2) is 7.80. The molecule has 0 radical (unpaired) electrons. The number of hydrogen-bond donors (Lipinski definition) is 2. The molecule has 0 saturated heterocycles. The van der Waals surface area contributed by atoms with Crippen LogP contribution in [-0.4, -0.2) is 21.8 Å². The van der Waals surface area contributed by atoms with Crippen molar-refractivity contribution in [2.45, 2.75) is 45.6 Å². The zero-order chi connectivity index (χ0) is 10.9. The molecule has 13 heavy (non-hydrogen) atoms. The maximum atomic E-state index is 9.44. The maximum Gasteiger partial charge on any atom is 0.300 e. The van der Waals surface area contributed by atoms with Crippen LogP contribution in [0, 0.1) is 0 Å². The highest BCUT2D eigenvalue weighted by molar-refractivity contribution is 5.62. The SMILES string of the molecule is C=CCC(C)(O)CCC.CC(=O)O. The van der Waals surface area contributed by atoms with E-state index in [4.69, 9.17) is 9.90 Å². The van der Waals surface area contributed by atoms with Gasteiger partial charge in [-0.2, -0.15) is 0 Å². The molecule has 0 aliphatic heterocycles. The van der Waals surface area contributed by atoms with Gasteiger partial charge in [0.25, 0.3) is 5.97 Å². The largest absolute Gasteiger partial charge is 0.481 e. The zero-order valence-electron chi connectivity index (χ0n) is 8.71. The highest BCUT2D eigenvalue weighted by atomic mass is 16.4. The van der Waals surface area contributed by atoms with Crippen molar-refractivity contribution in [3.05, 3.63) is 12.7 Å². The smallest absolute Gasteiger partial charge is 0.300 e. The van der Waals surface area contributed by atoms with Gasteiger partial charge in [0.15, 0.2) is 0 Å². The molecular weight excluding hydrogens is 168 g/mol. The van der Waals surface area contributed by atoms with E-state index in [1.54, 1.807) is 6.08 Å². The van der Waals surface area contributed by atoms with Crippen molar-refractivity contribution >= 4 is 5.97 Å². The number of aliphatic hydroxyl groups is 1. The first-order valence-electron chi connectivity index (χ1n) is 4.38. The monoisotopic (exact) mass is 188 g/mol. The Bertz CT molecular complexity index is 146. The number of aliphatic carboxylic acids is 1. The van der Waals surface area contributed by atoms with E-state index in [0.717, 1.165) is 19.8 Å². The van der Waals surface area contributed by atoms with Gasteiger partial charge in [-0.15, -0.1) is 6.58 Å². The van der Waals surface area contributed by atoms with Gasteiger partial charge < -0.3 is 10.2 Å². The molecule has 3 heteroatoms. The molecule has 0 spiro atoms. The zero-order valence-corrected chi connectivity index (χ0v) is 8.71. The lowest BCUT2D eigenvalue weighted by Crippen LogP contribution is -2.22. The molecule has 1 unspecified atom stereocenters. The lowest BCUT2D eigenvalue weighted by atomic mass is 9.97. The summed E-state index contributed by atoms with van der Waals surface area (Å²) in [5, 5.41) is 16.9. The van der Waals surface area contributed by atoms with Gasteiger partial charge in [-0.25, -0.2) is 0 Å². The van der Waals surface area contributed by atoms with E-state index in [1.807, 2.05) is 6.92 Å². The summed E-state index contributed by atoms with van der Waals surface area (Å²) in [6.45, 7) is 8.56. The lowest BCUT2D eigenvalue weighted by molar-refractivity contribution is -0.134. The Morgan fingerprint density at radius 1 is 1.62 bits per heavy atom. The Morgan fingerprint density at radius 3 is 2.23 bits per heavy atom. The average Bonchev–Trinajstić information content (AvgIpc) is 1.84. The van der Waals surface area contributed by atoms with Crippen molar-refractivity contribution in [2.75, 3.05) is 0 Å². The summed E-state index contributed by atoms with van der Waals surface area (Å²) in [5.41, 5.74) is -0.517. The van der Waals surface area contributed by atoms with Crippen molar-refractivity contribution in [1.29, 1.82) is 0 Å². The predicted molar refractivity (Wildman–Crippen MR) is 53.7 cm³/mol. The summed E-state index contributed by atoms with van der Waals surface area (Å²) in [7, 11) is 0. The van der Waals surface area contributed by atoms with Gasteiger partial charge in [-0.05, 0) is 19.8 Å². The quantitative estimate of drug-likeness (QED) is 0.665. The minimum atomic E-state index is -0.833. The van der Waals surface area contributed by atoms with Gasteiger partial charge >= 0.3 is 0 Å². The second-order valence-corrected chi connectivity index (χ2v) is 3.26. The normalized spacial score (nSPS) is 13.5. The fourth-order valence-corrected chi connectivity index (χ4v) is 0.952. The molecule has 0 saturated carbocycles. The number of carboxylic acid groups (broad SMARTS) is 1. The fraction of sp³-hybridized carbons (Fsp3) is 0.700. The molecule has 0 rings (SSSR count). The van der Waals surface area contributed by atoms with Crippen LogP contribution in [0.1, 0.15) is 40.0 Å². The van der Waals surface area contributed by atoms with E-state index in [0.29, 0.717) is 6.42 Å². The number of hydrogen-bond acceptors (Lipinski definition) is 2. The van der Waals surface area contributed by atoms with E-state index < -0.39 is 11.6 Å². The second-order valence-electron chi connectivity index (χ2n) is 3.26. The van der Waals surface area contributed by atoms with Gasteiger partial charge in [-0.3, -0.25) is 4.79 Å². The van der Waals surface area contributed by atoms with Crippen LogP contribution in [0.25, 0.3) is 0 Å². The summed E-state index contributed by atoms with van der Waals surface area (Å²) < 4.78 is 0. The van der Waals surface area contributed by atoms with Gasteiger partial charge in [-0.1, -0.05) is 19.4 Å². The maximum absolute atomic E-state index is 9.44. The standard InChI is InChI=1S/C8H16O.C2H4O2/c1-4-6-8(3,9)7-5-2;1-2(3)4/h4,9H,1,5-7H2,2-3H3;1H3,(H,3,4). The lowest BCUT2D eigenvalue weighted by Gasteiger charge is -2.19. The summed E-state index contributed by atoms with van der Waals surface area (Å²) in [5.74, 6) is -0.833. The highest BCUT2D eigenvalue weighted by Gasteiger charge is 2.15. The third kappa shape index (κ3) is 18.3. The van der Waals surface area contributed by atoms with Crippen molar-refractivity contribution < 1.29 is 15.0 Å². The molecule has 0 bridgehead atoms. The Morgan fingerprint density at radius 2 is 2.00 bits per heavy atom. The minimum absolute atomic E-state index is 0.517. The predicted octanol–water partition coefficient (Wildman–Crippen LogP) is 2.20. The number of carbonyl (C=O) groups is 1. The van der Waals surface area contributed by atoms with Crippen LogP contribution in [0.5, 0.6) is 0 Å². The van der Waals surface area contributed by atoms with Crippen molar-refractivity contribution in [2.24, 2.45) is 0 Å². The molecule has 0 aliphatic carbocycles. The van der Waals surface area contributed by atoms with E-state index >= 15 is 0 Å². The third-order valence-electron chi connectivity index (χ3n) is 1.37. The van der Waals surface area contributed by atoms with E-state index in [2.05, 4.69) is 13.5 Å². The van der Waals surface area contributed by atoms with E-state index in [1.165, 1.54) is 0 Å². The van der Waals surface area contributed by atoms with Crippen LogP contribution in [0.3, 0.4) is 0 Å². The molecule has 0 aromatic heterocycles. The summed E-state index contributed by atoms with van der Waals surface area (Å²) >= 11 is 0. The molecule has 0 fully saturated rings. The van der Waals surface area contributed by atoms with Crippen LogP contribution < -0.4 is 0 Å². The van der Waals surface area contributed by atoms with Crippen LogP contribution in [0.4, 0.5) is 0 Å². The van der Waals surface area contributed by atoms with Crippen LogP contribution in [0.2, 0.25) is 0 Å². The summed E-state index contributed by atoms with van der Waals surface area (Å²) in [6, 6.07) is 0. The minimum Gasteiger partial charge on any atom is -0.481 e. The van der Waals surface area contributed by atoms with Gasteiger partial charge in [0, 0.05) is 6.92 Å². The molecule has 3 nitrogen and oxygen atoms in total. The first-order valence-corrected chi connectivity index (χ1v) is 4.38.